The second-order valence-corrected chi connectivity index (χ2v) is 10.2. The van der Waals surface area contributed by atoms with E-state index in [9.17, 15) is 14.3 Å². The van der Waals surface area contributed by atoms with Crippen molar-refractivity contribution in [2.24, 2.45) is 11.8 Å². The smallest absolute Gasteiger partial charge is 0.308 e. The summed E-state index contributed by atoms with van der Waals surface area (Å²) >= 11 is 1.37. The van der Waals surface area contributed by atoms with Gasteiger partial charge in [-0.3, -0.25) is 9.78 Å². The second kappa shape index (κ2) is 12.5. The monoisotopic (exact) mass is 515 g/mol. The molecule has 0 aliphatic carbocycles. The first-order valence-electron chi connectivity index (χ1n) is 12.2. The Balaban J connectivity index is 1.30. The van der Waals surface area contributed by atoms with E-state index in [0.29, 0.717) is 40.6 Å². The molecule has 3 aromatic rings. The minimum atomic E-state index is -1.21. The number of aromatic nitrogens is 2. The number of pyridine rings is 2. The third-order valence-corrected chi connectivity index (χ3v) is 7.92. The lowest BCUT2D eigenvalue weighted by atomic mass is 9.81. The Morgan fingerprint density at radius 1 is 1.28 bits per heavy atom. The van der Waals surface area contributed by atoms with Gasteiger partial charge in [-0.1, -0.05) is 0 Å². The average molecular weight is 516 g/mol. The Morgan fingerprint density at radius 3 is 2.92 bits per heavy atom. The number of carboxylic acids is 1. The molecule has 0 amide bonds. The van der Waals surface area contributed by atoms with E-state index in [2.05, 4.69) is 14.9 Å². The minimum absolute atomic E-state index is 0.0726. The quantitative estimate of drug-likeness (QED) is 0.257. The molecule has 1 fully saturated rings. The predicted octanol–water partition coefficient (Wildman–Crippen LogP) is 5.77. The number of nitrogens with zero attached hydrogens (tertiary/aromatic N) is 3. The summed E-state index contributed by atoms with van der Waals surface area (Å²) in [5, 5.41) is 11.0. The number of aliphatic carboxylic acids is 1. The highest BCUT2D eigenvalue weighted by Crippen LogP contribution is 2.35. The van der Waals surface area contributed by atoms with Crippen LogP contribution in [0.5, 0.6) is 5.75 Å². The van der Waals surface area contributed by atoms with Crippen molar-refractivity contribution in [1.82, 2.24) is 14.9 Å². The Bertz CT molecular complexity index is 1180. The molecule has 36 heavy (non-hydrogen) atoms. The third kappa shape index (κ3) is 6.50. The molecule has 0 spiro atoms. The van der Waals surface area contributed by atoms with Crippen LogP contribution in [0.1, 0.15) is 37.4 Å². The molecule has 0 saturated carbocycles. The van der Waals surface area contributed by atoms with Crippen molar-refractivity contribution in [2.45, 2.75) is 36.9 Å². The first-order chi connectivity index (χ1) is 17.5. The summed E-state index contributed by atoms with van der Waals surface area (Å²) in [4.78, 5) is 22.5. The number of carbonyl (C=O) groups is 1. The summed E-state index contributed by atoms with van der Waals surface area (Å²) < 4.78 is 34.4. The number of methoxy groups -OCH3 is 1. The maximum absolute atomic E-state index is 15.4. The normalized spacial score (nSPS) is 19.3. The lowest BCUT2D eigenvalue weighted by molar-refractivity contribution is -0.146. The van der Waals surface area contributed by atoms with E-state index in [1.807, 2.05) is 6.07 Å². The molecular weight excluding hydrogens is 484 g/mol. The van der Waals surface area contributed by atoms with Crippen LogP contribution in [0.4, 0.5) is 8.78 Å². The zero-order valence-corrected chi connectivity index (χ0v) is 21.1. The summed E-state index contributed by atoms with van der Waals surface area (Å²) in [5.41, 5.74) is 1.27. The van der Waals surface area contributed by atoms with Crippen LogP contribution in [0.3, 0.4) is 0 Å². The highest BCUT2D eigenvalue weighted by atomic mass is 32.2. The lowest BCUT2D eigenvalue weighted by Gasteiger charge is -2.36. The number of hydrogen-bond acceptors (Lipinski definition) is 6. The van der Waals surface area contributed by atoms with Gasteiger partial charge in [0.05, 0.1) is 18.5 Å². The van der Waals surface area contributed by atoms with Crippen LogP contribution in [0.2, 0.25) is 0 Å². The van der Waals surface area contributed by atoms with Crippen molar-refractivity contribution in [3.8, 4) is 5.75 Å². The molecule has 1 aliphatic rings. The Morgan fingerprint density at radius 2 is 2.14 bits per heavy atom. The largest absolute Gasteiger partial charge is 0.497 e. The standard InChI is InChI=1S/C27H31F2N3O3S/c1-35-19-6-8-25-21(16-19)20(9-12-30-25)23(28)7-5-18-10-14-32(17-22(18)27(33)34)13-3-15-36-26-24(29)4-2-11-31-26/h2,4,6,8-9,11-12,16,18,22-23H,3,5,7,10,13-15,17H2,1H3,(H,33,34)/t18-,22+,23-/m1/s1. The number of ether oxygens (including phenoxy) is 1. The van der Waals surface area contributed by atoms with Crippen LogP contribution in [-0.2, 0) is 4.79 Å². The molecule has 1 saturated heterocycles. The molecule has 3 heterocycles. The molecule has 9 heteroatoms. The average Bonchev–Trinajstić information content (AvgIpc) is 2.90. The van der Waals surface area contributed by atoms with Crippen LogP contribution in [0.25, 0.3) is 10.9 Å². The van der Waals surface area contributed by atoms with Gasteiger partial charge in [0.2, 0.25) is 0 Å². The van der Waals surface area contributed by atoms with Gasteiger partial charge >= 0.3 is 5.97 Å². The van der Waals surface area contributed by atoms with Gasteiger partial charge in [-0.05, 0) is 86.7 Å². The number of thioether (sulfide) groups is 1. The summed E-state index contributed by atoms with van der Waals surface area (Å²) in [6.07, 6.45) is 4.27. The number of alkyl halides is 1. The van der Waals surface area contributed by atoms with Gasteiger partial charge < -0.3 is 14.7 Å². The maximum Gasteiger partial charge on any atom is 0.308 e. The molecule has 6 nitrogen and oxygen atoms in total. The van der Waals surface area contributed by atoms with Crippen LogP contribution in [0, 0.1) is 17.7 Å². The zero-order chi connectivity index (χ0) is 25.5. The second-order valence-electron chi connectivity index (χ2n) is 9.11. The summed E-state index contributed by atoms with van der Waals surface area (Å²) in [5.74, 6) is -0.396. The molecule has 3 atom stereocenters. The van der Waals surface area contributed by atoms with E-state index in [1.165, 1.54) is 17.8 Å². The van der Waals surface area contributed by atoms with E-state index in [4.69, 9.17) is 4.74 Å². The summed E-state index contributed by atoms with van der Waals surface area (Å²) in [6, 6.07) is 10.1. The molecule has 0 radical (unpaired) electrons. The zero-order valence-electron chi connectivity index (χ0n) is 20.3. The Labute approximate surface area is 214 Å². The number of rotatable bonds is 11. The highest BCUT2D eigenvalue weighted by Gasteiger charge is 2.34. The van der Waals surface area contributed by atoms with E-state index < -0.39 is 18.1 Å². The van der Waals surface area contributed by atoms with Crippen molar-refractivity contribution in [3.05, 3.63) is 60.2 Å². The Hall–Kier alpha value is -2.78. The maximum atomic E-state index is 15.4. The van der Waals surface area contributed by atoms with Crippen LogP contribution < -0.4 is 4.74 Å². The number of fused-ring (bicyclic) bond motifs is 1. The first kappa shape index (κ1) is 26.3. The number of carboxylic acid groups (broad SMARTS) is 1. The van der Waals surface area contributed by atoms with Crippen molar-refractivity contribution in [2.75, 3.05) is 32.5 Å². The van der Waals surface area contributed by atoms with Gasteiger partial charge in [-0.2, -0.15) is 0 Å². The van der Waals surface area contributed by atoms with Crippen LogP contribution in [0.15, 0.2) is 53.8 Å². The molecule has 1 N–H and O–H groups in total. The van der Waals surface area contributed by atoms with Crippen molar-refractivity contribution >= 4 is 28.6 Å². The first-order valence-corrected chi connectivity index (χ1v) is 13.2. The molecule has 2 aromatic heterocycles. The molecule has 4 rings (SSSR count). The van der Waals surface area contributed by atoms with E-state index >= 15 is 4.39 Å². The summed E-state index contributed by atoms with van der Waals surface area (Å²) in [7, 11) is 1.57. The third-order valence-electron chi connectivity index (χ3n) is 6.85. The minimum Gasteiger partial charge on any atom is -0.497 e. The molecule has 1 aromatic carbocycles. The van der Waals surface area contributed by atoms with Crippen molar-refractivity contribution in [3.63, 3.8) is 0 Å². The molecule has 1 aliphatic heterocycles. The fraction of sp³-hybridized carbons (Fsp3) is 0.444. The van der Waals surface area contributed by atoms with E-state index in [1.54, 1.807) is 43.8 Å². The van der Waals surface area contributed by atoms with Crippen molar-refractivity contribution in [1.29, 1.82) is 0 Å². The SMILES string of the molecule is COc1ccc2nccc([C@H](F)CC[C@@H]3CCN(CCCSc4ncccc4F)C[C@@H]3C(=O)O)c2c1. The van der Waals surface area contributed by atoms with Gasteiger partial charge in [-0.15, -0.1) is 11.8 Å². The number of piperidine rings is 1. The molecule has 0 bridgehead atoms. The molecular formula is C27H31F2N3O3S. The van der Waals surface area contributed by atoms with Gasteiger partial charge in [0.25, 0.3) is 0 Å². The van der Waals surface area contributed by atoms with Gasteiger partial charge in [0.1, 0.15) is 16.9 Å². The molecule has 0 unspecified atom stereocenters. The Kier molecular flexibility index (Phi) is 9.09. The van der Waals surface area contributed by atoms with E-state index in [-0.39, 0.29) is 18.2 Å². The van der Waals surface area contributed by atoms with Gasteiger partial charge in [-0.25, -0.2) is 13.8 Å². The fourth-order valence-electron chi connectivity index (χ4n) is 4.89. The summed E-state index contributed by atoms with van der Waals surface area (Å²) in [6.45, 7) is 1.98. The van der Waals surface area contributed by atoms with Crippen LogP contribution in [-0.4, -0.2) is 58.4 Å². The lowest BCUT2D eigenvalue weighted by Crippen LogP contribution is -2.44. The predicted molar refractivity (Wildman–Crippen MR) is 137 cm³/mol. The number of hydrogen-bond donors (Lipinski definition) is 1. The fourth-order valence-corrected chi connectivity index (χ4v) is 5.70. The van der Waals surface area contributed by atoms with Crippen LogP contribution >= 0.6 is 11.8 Å². The highest BCUT2D eigenvalue weighted by molar-refractivity contribution is 7.99. The number of likely N-dealkylation sites (tertiary alicyclic amines) is 1. The van der Waals surface area contributed by atoms with E-state index in [0.717, 1.165) is 31.3 Å². The number of benzene rings is 1. The van der Waals surface area contributed by atoms with Gasteiger partial charge in [0.15, 0.2) is 5.82 Å². The molecule has 192 valence electrons. The topological polar surface area (TPSA) is 75.5 Å². The van der Waals surface area contributed by atoms with Crippen molar-refractivity contribution < 1.29 is 23.4 Å². The number of halogens is 2. The van der Waals surface area contributed by atoms with Gasteiger partial charge in [0, 0.05) is 30.1 Å².